The van der Waals surface area contributed by atoms with Crippen LogP contribution in [-0.2, 0) is 22.5 Å². The number of imide groups is 1. The fraction of sp³-hybridized carbons (Fsp3) is 0.421. The lowest BCUT2D eigenvalue weighted by Crippen LogP contribution is -2.41. The van der Waals surface area contributed by atoms with Gasteiger partial charge in [0.25, 0.3) is 11.5 Å². The minimum Gasteiger partial charge on any atom is -0.452 e. The van der Waals surface area contributed by atoms with E-state index in [0.29, 0.717) is 24.0 Å². The summed E-state index contributed by atoms with van der Waals surface area (Å²) >= 11 is 0. The lowest BCUT2D eigenvalue weighted by atomic mass is 10.1. The standard InChI is InChI=1S/C19H22N4O5/c1-2-20-19(27)22-16(24)11-28-18(26)12-7-8-13-14(10-12)21-15-6-4-3-5-9-23(15)17(13)25/h7-8,10H,2-6,9,11H2,1H3,(H2,20,22,24,27). The van der Waals surface area contributed by atoms with E-state index < -0.39 is 24.5 Å². The Morgan fingerprint density at radius 1 is 1.21 bits per heavy atom. The van der Waals surface area contributed by atoms with Crippen molar-refractivity contribution in [2.45, 2.75) is 39.2 Å². The number of amides is 3. The number of esters is 1. The van der Waals surface area contributed by atoms with Crippen LogP contribution in [-0.4, -0.2) is 40.6 Å². The summed E-state index contributed by atoms with van der Waals surface area (Å²) in [6, 6.07) is 3.86. The molecule has 0 spiro atoms. The van der Waals surface area contributed by atoms with Crippen LogP contribution in [0.1, 0.15) is 42.4 Å². The fourth-order valence-electron chi connectivity index (χ4n) is 3.13. The zero-order chi connectivity index (χ0) is 20.1. The first-order valence-electron chi connectivity index (χ1n) is 9.28. The van der Waals surface area contributed by atoms with E-state index in [1.54, 1.807) is 17.6 Å². The number of hydrogen-bond donors (Lipinski definition) is 2. The molecular formula is C19H22N4O5. The Morgan fingerprint density at radius 3 is 2.82 bits per heavy atom. The largest absolute Gasteiger partial charge is 0.452 e. The Kier molecular flexibility index (Phi) is 6.03. The summed E-state index contributed by atoms with van der Waals surface area (Å²) in [5, 5.41) is 4.88. The number of carbonyl (C=O) groups is 3. The third-order valence-corrected chi connectivity index (χ3v) is 4.48. The summed E-state index contributed by atoms with van der Waals surface area (Å²) in [6.45, 7) is 2.14. The predicted octanol–water partition coefficient (Wildman–Crippen LogP) is 1.13. The lowest BCUT2D eigenvalue weighted by molar-refractivity contribution is -0.123. The molecule has 0 saturated carbocycles. The van der Waals surface area contributed by atoms with Crippen molar-refractivity contribution in [2.75, 3.05) is 13.2 Å². The van der Waals surface area contributed by atoms with E-state index in [4.69, 9.17) is 4.74 Å². The molecule has 0 atom stereocenters. The lowest BCUT2D eigenvalue weighted by Gasteiger charge is -2.11. The highest BCUT2D eigenvalue weighted by Crippen LogP contribution is 2.16. The number of carbonyl (C=O) groups excluding carboxylic acids is 3. The summed E-state index contributed by atoms with van der Waals surface area (Å²) in [5.74, 6) is -0.742. The van der Waals surface area contributed by atoms with Crippen LogP contribution >= 0.6 is 0 Å². The van der Waals surface area contributed by atoms with Gasteiger partial charge < -0.3 is 10.1 Å². The third-order valence-electron chi connectivity index (χ3n) is 4.48. The maximum atomic E-state index is 12.7. The highest BCUT2D eigenvalue weighted by Gasteiger charge is 2.17. The van der Waals surface area contributed by atoms with E-state index in [1.807, 2.05) is 5.32 Å². The smallest absolute Gasteiger partial charge is 0.338 e. The van der Waals surface area contributed by atoms with Gasteiger partial charge in [0.1, 0.15) is 5.82 Å². The Balaban J connectivity index is 1.75. The summed E-state index contributed by atoms with van der Waals surface area (Å²) < 4.78 is 6.65. The number of benzene rings is 1. The molecule has 9 heteroatoms. The molecule has 2 heterocycles. The van der Waals surface area contributed by atoms with Gasteiger partial charge in [-0.25, -0.2) is 14.6 Å². The Labute approximate surface area is 161 Å². The molecule has 3 amide bonds. The van der Waals surface area contributed by atoms with Gasteiger partial charge in [-0.05, 0) is 38.0 Å². The van der Waals surface area contributed by atoms with E-state index in [1.165, 1.54) is 12.1 Å². The van der Waals surface area contributed by atoms with Crippen LogP contribution in [0.4, 0.5) is 4.79 Å². The topological polar surface area (TPSA) is 119 Å². The molecule has 0 aliphatic carbocycles. The van der Waals surface area contributed by atoms with Crippen LogP contribution in [0.2, 0.25) is 0 Å². The van der Waals surface area contributed by atoms with Gasteiger partial charge >= 0.3 is 12.0 Å². The zero-order valence-corrected chi connectivity index (χ0v) is 15.6. The molecule has 28 heavy (non-hydrogen) atoms. The number of aromatic nitrogens is 2. The molecule has 2 N–H and O–H groups in total. The third kappa shape index (κ3) is 4.36. The first-order valence-corrected chi connectivity index (χ1v) is 9.28. The van der Waals surface area contributed by atoms with Crippen molar-refractivity contribution in [1.82, 2.24) is 20.2 Å². The van der Waals surface area contributed by atoms with Crippen LogP contribution in [0.3, 0.4) is 0 Å². The second kappa shape index (κ2) is 8.64. The highest BCUT2D eigenvalue weighted by atomic mass is 16.5. The summed E-state index contributed by atoms with van der Waals surface area (Å²) in [5.41, 5.74) is 0.506. The molecule has 0 bridgehead atoms. The van der Waals surface area contributed by atoms with E-state index in [2.05, 4.69) is 10.3 Å². The number of fused-ring (bicyclic) bond motifs is 2. The van der Waals surface area contributed by atoms with Gasteiger partial charge in [0.15, 0.2) is 6.61 Å². The maximum absolute atomic E-state index is 12.7. The molecule has 2 aromatic rings. The molecule has 3 rings (SSSR count). The van der Waals surface area contributed by atoms with Crippen LogP contribution in [0.25, 0.3) is 10.9 Å². The van der Waals surface area contributed by atoms with Gasteiger partial charge in [-0.2, -0.15) is 0 Å². The number of nitrogens with one attached hydrogen (secondary N) is 2. The van der Waals surface area contributed by atoms with Crippen molar-refractivity contribution in [2.24, 2.45) is 0 Å². The van der Waals surface area contributed by atoms with Crippen LogP contribution in [0, 0.1) is 0 Å². The second-order valence-electron chi connectivity index (χ2n) is 6.51. The zero-order valence-electron chi connectivity index (χ0n) is 15.6. The van der Waals surface area contributed by atoms with Gasteiger partial charge in [0.05, 0.1) is 16.5 Å². The summed E-state index contributed by atoms with van der Waals surface area (Å²) in [7, 11) is 0. The van der Waals surface area contributed by atoms with E-state index in [-0.39, 0.29) is 11.1 Å². The molecule has 9 nitrogen and oxygen atoms in total. The van der Waals surface area contributed by atoms with Crippen molar-refractivity contribution in [3.8, 4) is 0 Å². The first kappa shape index (κ1) is 19.5. The van der Waals surface area contributed by atoms with Gasteiger partial charge in [0, 0.05) is 19.5 Å². The first-order chi connectivity index (χ1) is 13.5. The van der Waals surface area contributed by atoms with E-state index in [0.717, 1.165) is 31.5 Å². The van der Waals surface area contributed by atoms with Crippen LogP contribution in [0.5, 0.6) is 0 Å². The molecule has 1 aliphatic rings. The van der Waals surface area contributed by atoms with Crippen LogP contribution < -0.4 is 16.2 Å². The average Bonchev–Trinajstić information content (AvgIpc) is 2.91. The number of urea groups is 1. The molecule has 1 aliphatic heterocycles. The Bertz CT molecular complexity index is 982. The number of aryl methyl sites for hydroxylation is 1. The maximum Gasteiger partial charge on any atom is 0.338 e. The Morgan fingerprint density at radius 2 is 2.04 bits per heavy atom. The highest BCUT2D eigenvalue weighted by molar-refractivity contribution is 5.98. The normalized spacial score (nSPS) is 13.3. The van der Waals surface area contributed by atoms with Crippen molar-refractivity contribution < 1.29 is 19.1 Å². The summed E-state index contributed by atoms with van der Waals surface area (Å²) in [4.78, 5) is 52.3. The second-order valence-corrected chi connectivity index (χ2v) is 6.51. The molecule has 148 valence electrons. The quantitative estimate of drug-likeness (QED) is 0.760. The van der Waals surface area contributed by atoms with E-state index in [9.17, 15) is 19.2 Å². The molecular weight excluding hydrogens is 364 g/mol. The van der Waals surface area contributed by atoms with Crippen molar-refractivity contribution in [1.29, 1.82) is 0 Å². The van der Waals surface area contributed by atoms with Gasteiger partial charge in [0.2, 0.25) is 0 Å². The molecule has 1 aromatic carbocycles. The Hall–Kier alpha value is -3.23. The molecule has 0 unspecified atom stereocenters. The van der Waals surface area contributed by atoms with Crippen molar-refractivity contribution in [3.05, 3.63) is 39.9 Å². The average molecular weight is 386 g/mol. The van der Waals surface area contributed by atoms with Crippen molar-refractivity contribution in [3.63, 3.8) is 0 Å². The minimum absolute atomic E-state index is 0.108. The SMILES string of the molecule is CCNC(=O)NC(=O)COC(=O)c1ccc2c(=O)n3c(nc2c1)CCCCC3. The van der Waals surface area contributed by atoms with Gasteiger partial charge in [-0.1, -0.05) is 6.42 Å². The number of hydrogen-bond acceptors (Lipinski definition) is 6. The molecule has 0 fully saturated rings. The number of nitrogens with zero attached hydrogens (tertiary/aromatic N) is 2. The monoisotopic (exact) mass is 386 g/mol. The predicted molar refractivity (Wildman–Crippen MR) is 101 cm³/mol. The molecule has 0 saturated heterocycles. The minimum atomic E-state index is -0.734. The van der Waals surface area contributed by atoms with Crippen molar-refractivity contribution >= 4 is 28.8 Å². The van der Waals surface area contributed by atoms with Gasteiger partial charge in [-0.15, -0.1) is 0 Å². The fourth-order valence-corrected chi connectivity index (χ4v) is 3.13. The molecule has 0 radical (unpaired) electrons. The molecule has 1 aromatic heterocycles. The summed E-state index contributed by atoms with van der Waals surface area (Å²) in [6.07, 6.45) is 3.69. The number of rotatable bonds is 4. The number of ether oxygens (including phenoxy) is 1. The van der Waals surface area contributed by atoms with E-state index >= 15 is 0 Å². The van der Waals surface area contributed by atoms with Gasteiger partial charge in [-0.3, -0.25) is 19.5 Å². The van der Waals surface area contributed by atoms with Crippen LogP contribution in [0.15, 0.2) is 23.0 Å².